The van der Waals surface area contributed by atoms with Crippen molar-refractivity contribution in [3.8, 4) is 0 Å². The molecule has 0 bridgehead atoms. The highest BCUT2D eigenvalue weighted by Gasteiger charge is 2.38. The van der Waals surface area contributed by atoms with Gasteiger partial charge >= 0.3 is 0 Å². The monoisotopic (exact) mass is 370 g/mol. The van der Waals surface area contributed by atoms with Crippen molar-refractivity contribution in [2.45, 2.75) is 46.0 Å². The molecule has 2 fully saturated rings. The maximum atomic E-state index is 12.5. The van der Waals surface area contributed by atoms with Crippen LogP contribution < -0.4 is 4.90 Å². The summed E-state index contributed by atoms with van der Waals surface area (Å²) < 4.78 is 5.07. The highest BCUT2D eigenvalue weighted by Crippen LogP contribution is 2.41. The van der Waals surface area contributed by atoms with Gasteiger partial charge in [0.05, 0.1) is 5.69 Å². The molecule has 8 heteroatoms. The molecule has 4 heterocycles. The molecule has 0 unspecified atom stereocenters. The number of carbonyl (C=O) groups is 1. The predicted octanol–water partition coefficient (Wildman–Crippen LogP) is 1.93. The molecule has 1 spiro atoms. The Morgan fingerprint density at radius 1 is 1.07 bits per heavy atom. The molecule has 8 nitrogen and oxygen atoms in total. The van der Waals surface area contributed by atoms with Crippen molar-refractivity contribution < 1.29 is 9.32 Å². The summed E-state index contributed by atoms with van der Waals surface area (Å²) in [5.74, 6) is 2.03. The molecule has 2 saturated heterocycles. The van der Waals surface area contributed by atoms with Gasteiger partial charge in [-0.1, -0.05) is 5.16 Å². The smallest absolute Gasteiger partial charge is 0.236 e. The van der Waals surface area contributed by atoms with E-state index in [1.807, 2.05) is 17.9 Å². The third-order valence-electron chi connectivity index (χ3n) is 5.98. The average Bonchev–Trinajstić information content (AvgIpc) is 3.08. The second-order valence-corrected chi connectivity index (χ2v) is 7.81. The van der Waals surface area contributed by atoms with Crippen LogP contribution in [0.25, 0.3) is 0 Å². The largest absolute Gasteiger partial charge is 0.355 e. The number of nitrogens with zero attached hydrogens (tertiary/aromatic N) is 6. The number of aryl methyl sites for hydroxylation is 2. The first-order valence-corrected chi connectivity index (χ1v) is 9.65. The van der Waals surface area contributed by atoms with Gasteiger partial charge in [-0.3, -0.25) is 4.79 Å². The van der Waals surface area contributed by atoms with E-state index in [2.05, 4.69) is 31.3 Å². The minimum Gasteiger partial charge on any atom is -0.355 e. The summed E-state index contributed by atoms with van der Waals surface area (Å²) in [6.07, 6.45) is 4.62. The number of carbonyl (C=O) groups excluding carboxylic acids is 1. The van der Waals surface area contributed by atoms with E-state index in [9.17, 15) is 4.79 Å². The molecule has 27 heavy (non-hydrogen) atoms. The van der Waals surface area contributed by atoms with Crippen LogP contribution in [0.15, 0.2) is 16.7 Å². The molecule has 0 atom stereocenters. The van der Waals surface area contributed by atoms with Crippen LogP contribution in [-0.4, -0.2) is 57.3 Å². The van der Waals surface area contributed by atoms with Crippen molar-refractivity contribution in [1.82, 2.24) is 25.2 Å². The van der Waals surface area contributed by atoms with Gasteiger partial charge in [0, 0.05) is 26.2 Å². The van der Waals surface area contributed by atoms with Crippen molar-refractivity contribution in [2.75, 3.05) is 31.1 Å². The number of piperidine rings is 2. The Bertz CT molecular complexity index is 785. The molecular formula is C19H26N6O2. The summed E-state index contributed by atoms with van der Waals surface area (Å²) in [6.45, 7) is 7.36. The molecule has 0 radical (unpaired) electrons. The normalized spacial score (nSPS) is 19.5. The van der Waals surface area contributed by atoms with E-state index < -0.39 is 0 Å². The molecule has 0 saturated carbocycles. The SMILES string of the molecule is Cc1ccc(N2CCC3(CCN(C(=O)Cc4nc(C)no4)CC3)CC2)nn1. The van der Waals surface area contributed by atoms with Gasteiger partial charge in [0.25, 0.3) is 0 Å². The van der Waals surface area contributed by atoms with Crippen LogP contribution in [0.5, 0.6) is 0 Å². The second kappa shape index (κ2) is 7.25. The lowest BCUT2D eigenvalue weighted by Gasteiger charge is -2.47. The van der Waals surface area contributed by atoms with E-state index in [-0.39, 0.29) is 12.3 Å². The van der Waals surface area contributed by atoms with Crippen molar-refractivity contribution in [2.24, 2.45) is 5.41 Å². The number of amides is 1. The molecule has 0 aromatic carbocycles. The standard InChI is InChI=1S/C19H26N6O2/c1-14-3-4-16(22-21-14)24-9-5-19(6-10-24)7-11-25(12-8-19)18(26)13-17-20-15(2)23-27-17/h3-4H,5-13H2,1-2H3. The van der Waals surface area contributed by atoms with Crippen molar-refractivity contribution in [3.05, 3.63) is 29.5 Å². The van der Waals surface area contributed by atoms with Gasteiger partial charge in [-0.2, -0.15) is 10.1 Å². The van der Waals surface area contributed by atoms with Gasteiger partial charge in [0.1, 0.15) is 6.42 Å². The van der Waals surface area contributed by atoms with E-state index in [4.69, 9.17) is 4.52 Å². The molecule has 2 aromatic heterocycles. The summed E-state index contributed by atoms with van der Waals surface area (Å²) in [5, 5.41) is 12.2. The zero-order valence-corrected chi connectivity index (χ0v) is 16.0. The van der Waals surface area contributed by atoms with Gasteiger partial charge in [-0.25, -0.2) is 0 Å². The summed E-state index contributed by atoms with van der Waals surface area (Å²) in [4.78, 5) is 20.9. The molecule has 1 amide bonds. The van der Waals surface area contributed by atoms with Gasteiger partial charge in [0.15, 0.2) is 11.6 Å². The fraction of sp³-hybridized carbons (Fsp3) is 0.632. The third kappa shape index (κ3) is 3.94. The Kier molecular flexibility index (Phi) is 4.80. The van der Waals surface area contributed by atoms with Crippen LogP contribution in [0, 0.1) is 19.3 Å². The minimum atomic E-state index is 0.0841. The molecule has 4 rings (SSSR count). The predicted molar refractivity (Wildman–Crippen MR) is 99.2 cm³/mol. The van der Waals surface area contributed by atoms with Gasteiger partial charge in [-0.05, 0) is 57.1 Å². The molecule has 2 aliphatic rings. The van der Waals surface area contributed by atoms with Gasteiger partial charge in [-0.15, -0.1) is 5.10 Å². The fourth-order valence-corrected chi connectivity index (χ4v) is 4.15. The summed E-state index contributed by atoms with van der Waals surface area (Å²) in [6, 6.07) is 4.07. The Balaban J connectivity index is 1.29. The first-order chi connectivity index (χ1) is 13.0. The number of likely N-dealkylation sites (tertiary alicyclic amines) is 1. The Hall–Kier alpha value is -2.51. The van der Waals surface area contributed by atoms with E-state index in [0.29, 0.717) is 17.1 Å². The van der Waals surface area contributed by atoms with Crippen LogP contribution in [-0.2, 0) is 11.2 Å². The molecular weight excluding hydrogens is 344 g/mol. The Morgan fingerprint density at radius 3 is 2.37 bits per heavy atom. The number of hydrogen-bond acceptors (Lipinski definition) is 7. The Morgan fingerprint density at radius 2 is 1.78 bits per heavy atom. The molecule has 144 valence electrons. The number of aromatic nitrogens is 4. The first-order valence-electron chi connectivity index (χ1n) is 9.65. The molecule has 0 aliphatic carbocycles. The average molecular weight is 370 g/mol. The van der Waals surface area contributed by atoms with Crippen LogP contribution in [0.3, 0.4) is 0 Å². The van der Waals surface area contributed by atoms with Crippen LogP contribution >= 0.6 is 0 Å². The summed E-state index contributed by atoms with van der Waals surface area (Å²) in [7, 11) is 0. The fourth-order valence-electron chi connectivity index (χ4n) is 4.15. The van der Waals surface area contributed by atoms with E-state index in [1.165, 1.54) is 0 Å². The lowest BCUT2D eigenvalue weighted by molar-refractivity contribution is -0.133. The van der Waals surface area contributed by atoms with Gasteiger partial charge < -0.3 is 14.3 Å². The van der Waals surface area contributed by atoms with Gasteiger partial charge in [0.2, 0.25) is 11.8 Å². The highest BCUT2D eigenvalue weighted by molar-refractivity contribution is 5.77. The lowest BCUT2D eigenvalue weighted by atomic mass is 9.71. The summed E-state index contributed by atoms with van der Waals surface area (Å²) in [5.41, 5.74) is 1.30. The highest BCUT2D eigenvalue weighted by atomic mass is 16.5. The number of hydrogen-bond donors (Lipinski definition) is 0. The molecule has 2 aromatic rings. The van der Waals surface area contributed by atoms with Crippen LogP contribution in [0.1, 0.15) is 43.1 Å². The van der Waals surface area contributed by atoms with Crippen LogP contribution in [0.2, 0.25) is 0 Å². The van der Waals surface area contributed by atoms with E-state index >= 15 is 0 Å². The van der Waals surface area contributed by atoms with E-state index in [1.54, 1.807) is 6.92 Å². The number of rotatable bonds is 3. The molecule has 2 aliphatic heterocycles. The number of anilines is 1. The maximum absolute atomic E-state index is 12.5. The maximum Gasteiger partial charge on any atom is 0.236 e. The third-order valence-corrected chi connectivity index (χ3v) is 5.98. The molecule has 0 N–H and O–H groups in total. The van der Waals surface area contributed by atoms with Crippen molar-refractivity contribution >= 4 is 11.7 Å². The van der Waals surface area contributed by atoms with Crippen LogP contribution in [0.4, 0.5) is 5.82 Å². The summed E-state index contributed by atoms with van der Waals surface area (Å²) >= 11 is 0. The topological polar surface area (TPSA) is 88.2 Å². The minimum absolute atomic E-state index is 0.0841. The lowest BCUT2D eigenvalue weighted by Crippen LogP contribution is -2.48. The zero-order chi connectivity index (χ0) is 18.9. The first kappa shape index (κ1) is 17.9. The van der Waals surface area contributed by atoms with Crippen molar-refractivity contribution in [3.63, 3.8) is 0 Å². The zero-order valence-electron chi connectivity index (χ0n) is 16.0. The quantitative estimate of drug-likeness (QED) is 0.815. The second-order valence-electron chi connectivity index (χ2n) is 7.81. The van der Waals surface area contributed by atoms with E-state index in [0.717, 1.165) is 63.4 Å². The Labute approximate surface area is 158 Å². The van der Waals surface area contributed by atoms with Crippen molar-refractivity contribution in [1.29, 1.82) is 0 Å².